The van der Waals surface area contributed by atoms with E-state index in [1.54, 1.807) is 24.5 Å². The van der Waals surface area contributed by atoms with E-state index in [0.717, 1.165) is 25.9 Å². The van der Waals surface area contributed by atoms with Gasteiger partial charge in [0.05, 0.1) is 11.9 Å². The number of carbonyl (C=O) groups is 1. The van der Waals surface area contributed by atoms with Crippen LogP contribution in [0.5, 0.6) is 0 Å². The lowest BCUT2D eigenvalue weighted by molar-refractivity contribution is -0.114. The van der Waals surface area contributed by atoms with Gasteiger partial charge in [-0.05, 0) is 31.4 Å². The highest BCUT2D eigenvalue weighted by atomic mass is 16.1. The van der Waals surface area contributed by atoms with Gasteiger partial charge in [-0.3, -0.25) is 9.78 Å². The van der Waals surface area contributed by atoms with Crippen molar-refractivity contribution >= 4 is 17.6 Å². The third-order valence-corrected chi connectivity index (χ3v) is 3.01. The first kappa shape index (κ1) is 13.3. The van der Waals surface area contributed by atoms with E-state index in [0.29, 0.717) is 11.6 Å². The van der Waals surface area contributed by atoms with Crippen LogP contribution in [0, 0.1) is 0 Å². The maximum absolute atomic E-state index is 11.7. The van der Waals surface area contributed by atoms with Crippen molar-refractivity contribution in [3.63, 3.8) is 0 Å². The molecule has 102 valence electrons. The summed E-state index contributed by atoms with van der Waals surface area (Å²) in [7, 11) is 0. The Kier molecular flexibility index (Phi) is 4.72. The molecule has 6 nitrogen and oxygen atoms in total. The number of guanidine groups is 1. The predicted octanol–water partition coefficient (Wildman–Crippen LogP) is 0.821. The number of carbonyl (C=O) groups excluding carboxylic acids is 1. The van der Waals surface area contributed by atoms with Crippen LogP contribution in [0.3, 0.4) is 0 Å². The highest BCUT2D eigenvalue weighted by Crippen LogP contribution is 2.08. The first-order valence-electron chi connectivity index (χ1n) is 6.50. The van der Waals surface area contributed by atoms with Crippen molar-refractivity contribution < 1.29 is 4.79 Å². The number of piperidine rings is 1. The van der Waals surface area contributed by atoms with E-state index in [2.05, 4.69) is 15.3 Å². The van der Waals surface area contributed by atoms with E-state index in [-0.39, 0.29) is 12.5 Å². The zero-order valence-corrected chi connectivity index (χ0v) is 10.9. The van der Waals surface area contributed by atoms with Crippen LogP contribution in [0.1, 0.15) is 19.3 Å². The summed E-state index contributed by atoms with van der Waals surface area (Å²) in [6, 6.07) is 3.55. The molecule has 1 saturated heterocycles. The fourth-order valence-electron chi connectivity index (χ4n) is 2.01. The number of anilines is 1. The van der Waals surface area contributed by atoms with Crippen molar-refractivity contribution in [2.75, 3.05) is 25.0 Å². The lowest BCUT2D eigenvalue weighted by Crippen LogP contribution is -2.41. The minimum absolute atomic E-state index is 0.0389. The molecular weight excluding hydrogens is 242 g/mol. The second-order valence-electron chi connectivity index (χ2n) is 4.51. The number of nitrogens with zero attached hydrogens (tertiary/aromatic N) is 3. The maximum atomic E-state index is 11.7. The topological polar surface area (TPSA) is 83.6 Å². The number of nitrogens with one attached hydrogen (secondary N) is 1. The Morgan fingerprint density at radius 3 is 2.89 bits per heavy atom. The summed E-state index contributed by atoms with van der Waals surface area (Å²) < 4.78 is 0. The van der Waals surface area contributed by atoms with Gasteiger partial charge in [0.1, 0.15) is 6.54 Å². The molecule has 19 heavy (non-hydrogen) atoms. The molecule has 3 N–H and O–H groups in total. The predicted molar refractivity (Wildman–Crippen MR) is 74.8 cm³/mol. The maximum Gasteiger partial charge on any atom is 0.246 e. The molecule has 0 unspecified atom stereocenters. The van der Waals surface area contributed by atoms with E-state index in [9.17, 15) is 4.79 Å². The van der Waals surface area contributed by atoms with Gasteiger partial charge in [-0.25, -0.2) is 4.99 Å². The molecular formula is C13H19N5O. The van der Waals surface area contributed by atoms with Crippen LogP contribution >= 0.6 is 0 Å². The normalized spacial score (nSPS) is 16.2. The second kappa shape index (κ2) is 6.72. The molecule has 1 aliphatic heterocycles. The van der Waals surface area contributed by atoms with Gasteiger partial charge in [-0.15, -0.1) is 0 Å². The molecule has 1 aliphatic rings. The minimum atomic E-state index is -0.187. The molecule has 1 aromatic rings. The van der Waals surface area contributed by atoms with Crippen LogP contribution < -0.4 is 11.1 Å². The summed E-state index contributed by atoms with van der Waals surface area (Å²) in [5, 5.41) is 2.72. The third kappa shape index (κ3) is 4.24. The van der Waals surface area contributed by atoms with E-state index in [4.69, 9.17) is 5.73 Å². The number of aromatic nitrogens is 1. The van der Waals surface area contributed by atoms with Crippen LogP contribution in [0.15, 0.2) is 29.5 Å². The van der Waals surface area contributed by atoms with Crippen molar-refractivity contribution in [3.05, 3.63) is 24.5 Å². The fraction of sp³-hybridized carbons (Fsp3) is 0.462. The number of hydrogen-bond acceptors (Lipinski definition) is 3. The molecule has 0 spiro atoms. The Morgan fingerprint density at radius 2 is 2.21 bits per heavy atom. The number of nitrogens with two attached hydrogens (primary N) is 1. The number of rotatable bonds is 3. The quantitative estimate of drug-likeness (QED) is 0.623. The van der Waals surface area contributed by atoms with Gasteiger partial charge in [0, 0.05) is 19.3 Å². The smallest absolute Gasteiger partial charge is 0.246 e. The number of likely N-dealkylation sites (tertiary alicyclic amines) is 1. The van der Waals surface area contributed by atoms with Gasteiger partial charge in [-0.1, -0.05) is 0 Å². The average molecular weight is 261 g/mol. The highest BCUT2D eigenvalue weighted by molar-refractivity contribution is 5.93. The van der Waals surface area contributed by atoms with Crippen molar-refractivity contribution in [1.29, 1.82) is 0 Å². The van der Waals surface area contributed by atoms with Gasteiger partial charge in [0.2, 0.25) is 5.91 Å². The first-order valence-corrected chi connectivity index (χ1v) is 6.50. The van der Waals surface area contributed by atoms with Crippen molar-refractivity contribution in [2.24, 2.45) is 10.7 Å². The third-order valence-electron chi connectivity index (χ3n) is 3.01. The Morgan fingerprint density at radius 1 is 1.42 bits per heavy atom. The summed E-state index contributed by atoms with van der Waals surface area (Å²) in [5.41, 5.74) is 6.54. The molecule has 0 radical (unpaired) electrons. The lowest BCUT2D eigenvalue weighted by atomic mass is 10.1. The Balaban J connectivity index is 1.82. The molecule has 2 rings (SSSR count). The molecule has 1 aromatic heterocycles. The largest absolute Gasteiger partial charge is 0.370 e. The van der Waals surface area contributed by atoms with E-state index >= 15 is 0 Å². The molecule has 0 atom stereocenters. The van der Waals surface area contributed by atoms with Crippen molar-refractivity contribution in [1.82, 2.24) is 9.88 Å². The Hall–Kier alpha value is -2.11. The zero-order valence-electron chi connectivity index (χ0n) is 10.9. The SMILES string of the molecule is NC(=NCC(=O)Nc1cccnc1)N1CCCCC1. The molecule has 2 heterocycles. The number of aliphatic imine (C=N–C) groups is 1. The van der Waals surface area contributed by atoms with Gasteiger partial charge >= 0.3 is 0 Å². The Labute approximate surface area is 112 Å². The summed E-state index contributed by atoms with van der Waals surface area (Å²) in [6.07, 6.45) is 6.76. The number of amides is 1. The monoisotopic (exact) mass is 261 g/mol. The van der Waals surface area contributed by atoms with Crippen molar-refractivity contribution in [2.45, 2.75) is 19.3 Å². The number of pyridine rings is 1. The zero-order chi connectivity index (χ0) is 13.5. The first-order chi connectivity index (χ1) is 9.25. The van der Waals surface area contributed by atoms with Gasteiger partial charge < -0.3 is 16.0 Å². The molecule has 0 bridgehead atoms. The van der Waals surface area contributed by atoms with Crippen molar-refractivity contribution in [3.8, 4) is 0 Å². The number of hydrogen-bond donors (Lipinski definition) is 2. The molecule has 1 amide bonds. The molecule has 6 heteroatoms. The Bertz CT molecular complexity index is 440. The fourth-order valence-corrected chi connectivity index (χ4v) is 2.01. The second-order valence-corrected chi connectivity index (χ2v) is 4.51. The van der Waals surface area contributed by atoms with Gasteiger partial charge in [0.25, 0.3) is 0 Å². The summed E-state index contributed by atoms with van der Waals surface area (Å²) in [4.78, 5) is 21.8. The van der Waals surface area contributed by atoms with Crippen LogP contribution in [0.2, 0.25) is 0 Å². The summed E-state index contributed by atoms with van der Waals surface area (Å²) >= 11 is 0. The molecule has 0 saturated carbocycles. The molecule has 0 aromatic carbocycles. The highest BCUT2D eigenvalue weighted by Gasteiger charge is 2.12. The van der Waals surface area contributed by atoms with Gasteiger partial charge in [0.15, 0.2) is 5.96 Å². The lowest BCUT2D eigenvalue weighted by Gasteiger charge is -2.27. The average Bonchev–Trinajstić information content (AvgIpc) is 2.47. The van der Waals surface area contributed by atoms with Crippen LogP contribution in [0.25, 0.3) is 0 Å². The summed E-state index contributed by atoms with van der Waals surface area (Å²) in [5.74, 6) is 0.272. The van der Waals surface area contributed by atoms with Crippen LogP contribution in [0.4, 0.5) is 5.69 Å². The van der Waals surface area contributed by atoms with Crippen LogP contribution in [-0.2, 0) is 4.79 Å². The molecule has 1 fully saturated rings. The van der Waals surface area contributed by atoms with Gasteiger partial charge in [-0.2, -0.15) is 0 Å². The summed E-state index contributed by atoms with van der Waals surface area (Å²) in [6.45, 7) is 1.90. The minimum Gasteiger partial charge on any atom is -0.370 e. The van der Waals surface area contributed by atoms with E-state index in [1.807, 2.05) is 4.90 Å². The van der Waals surface area contributed by atoms with E-state index < -0.39 is 0 Å². The van der Waals surface area contributed by atoms with E-state index in [1.165, 1.54) is 6.42 Å². The standard InChI is InChI=1S/C13H19N5O/c14-13(18-7-2-1-3-8-18)16-10-12(19)17-11-5-4-6-15-9-11/h4-6,9H,1-3,7-8,10H2,(H2,14,16)(H,17,19). The van der Waals surface area contributed by atoms with Crippen LogP contribution in [-0.4, -0.2) is 41.4 Å². The molecule has 0 aliphatic carbocycles.